The molecule has 2 saturated heterocycles. The van der Waals surface area contributed by atoms with Crippen molar-refractivity contribution < 1.29 is 4.79 Å². The molecule has 0 aromatic heterocycles. The van der Waals surface area contributed by atoms with Crippen molar-refractivity contribution in [2.24, 2.45) is 11.8 Å². The Hall–Kier alpha value is -0.580. The number of benzene rings is 1. The van der Waals surface area contributed by atoms with E-state index in [9.17, 15) is 4.79 Å². The molecule has 1 aromatic carbocycles. The van der Waals surface area contributed by atoms with Crippen LogP contribution < -0.4 is 5.32 Å². The van der Waals surface area contributed by atoms with Gasteiger partial charge in [0.1, 0.15) is 0 Å². The number of hydrogen-bond acceptors (Lipinski definition) is 2. The van der Waals surface area contributed by atoms with Crippen LogP contribution >= 0.6 is 28.3 Å². The Morgan fingerprint density at radius 3 is 2.48 bits per heavy atom. The van der Waals surface area contributed by atoms with E-state index in [4.69, 9.17) is 0 Å². The van der Waals surface area contributed by atoms with Crippen molar-refractivity contribution in [2.75, 3.05) is 26.2 Å². The number of carbonyl (C=O) groups excluding carboxylic acids is 1. The molecule has 2 fully saturated rings. The number of nitrogens with one attached hydrogen (secondary N) is 1. The van der Waals surface area contributed by atoms with Gasteiger partial charge in [0.05, 0.1) is 0 Å². The van der Waals surface area contributed by atoms with Crippen molar-refractivity contribution in [1.29, 1.82) is 0 Å². The van der Waals surface area contributed by atoms with Crippen LogP contribution in [0.5, 0.6) is 0 Å². The van der Waals surface area contributed by atoms with E-state index < -0.39 is 0 Å². The first-order chi connectivity index (χ1) is 9.66. The molecule has 21 heavy (non-hydrogen) atoms. The number of nitrogens with zero attached hydrogens (tertiary/aromatic N) is 1. The minimum Gasteiger partial charge on any atom is -0.339 e. The quantitative estimate of drug-likeness (QED) is 0.819. The molecule has 5 heteroatoms. The molecule has 1 amide bonds. The third-order valence-electron chi connectivity index (χ3n) is 4.80. The largest absolute Gasteiger partial charge is 0.339 e. The lowest BCUT2D eigenvalue weighted by atomic mass is 9.92. The highest BCUT2D eigenvalue weighted by Gasteiger charge is 2.31. The second-order valence-electron chi connectivity index (χ2n) is 5.96. The Morgan fingerprint density at radius 2 is 1.86 bits per heavy atom. The summed E-state index contributed by atoms with van der Waals surface area (Å²) in [5.41, 5.74) is 1.88. The van der Waals surface area contributed by atoms with Crippen LogP contribution in [-0.4, -0.2) is 37.0 Å². The average Bonchev–Trinajstić information content (AvgIpc) is 2.80. The zero-order valence-electron chi connectivity index (χ0n) is 12.3. The molecule has 0 bridgehead atoms. The van der Waals surface area contributed by atoms with Gasteiger partial charge in [0.15, 0.2) is 0 Å². The Morgan fingerprint density at radius 1 is 1.24 bits per heavy atom. The molecule has 0 spiro atoms. The minimum absolute atomic E-state index is 0. The van der Waals surface area contributed by atoms with Gasteiger partial charge in [-0.15, -0.1) is 12.4 Å². The Kier molecular flexibility index (Phi) is 5.69. The molecule has 3 rings (SSSR count). The molecule has 3 nitrogen and oxygen atoms in total. The highest BCUT2D eigenvalue weighted by atomic mass is 79.9. The molecule has 116 valence electrons. The van der Waals surface area contributed by atoms with Gasteiger partial charge in [-0.2, -0.15) is 0 Å². The van der Waals surface area contributed by atoms with E-state index in [2.05, 4.69) is 21.2 Å². The zero-order chi connectivity index (χ0) is 14.1. The molecule has 0 aliphatic carbocycles. The lowest BCUT2D eigenvalue weighted by Crippen LogP contribution is -2.33. The summed E-state index contributed by atoms with van der Waals surface area (Å²) in [6, 6.07) is 5.88. The van der Waals surface area contributed by atoms with E-state index in [1.54, 1.807) is 0 Å². The molecule has 2 heterocycles. The van der Waals surface area contributed by atoms with Crippen LogP contribution in [0.1, 0.15) is 28.8 Å². The summed E-state index contributed by atoms with van der Waals surface area (Å²) < 4.78 is 1.01. The molecule has 1 N–H and O–H groups in total. The van der Waals surface area contributed by atoms with Gasteiger partial charge in [-0.3, -0.25) is 4.79 Å². The predicted octanol–water partition coefficient (Wildman–Crippen LogP) is 3.25. The van der Waals surface area contributed by atoms with E-state index in [1.165, 1.54) is 0 Å². The van der Waals surface area contributed by atoms with Crippen LogP contribution in [0.25, 0.3) is 0 Å². The summed E-state index contributed by atoms with van der Waals surface area (Å²) in [5.74, 6) is 1.71. The average molecular weight is 374 g/mol. The summed E-state index contributed by atoms with van der Waals surface area (Å²) in [5, 5.41) is 3.47. The van der Waals surface area contributed by atoms with E-state index >= 15 is 0 Å². The number of fused-ring (bicyclic) bond motifs is 1. The first kappa shape index (κ1) is 16.8. The molecular formula is C16H22BrClN2O. The van der Waals surface area contributed by atoms with Gasteiger partial charge < -0.3 is 10.2 Å². The van der Waals surface area contributed by atoms with E-state index in [1.807, 2.05) is 30.0 Å². The number of amides is 1. The van der Waals surface area contributed by atoms with E-state index in [-0.39, 0.29) is 18.3 Å². The monoisotopic (exact) mass is 372 g/mol. The highest BCUT2D eigenvalue weighted by molar-refractivity contribution is 9.10. The van der Waals surface area contributed by atoms with Crippen molar-refractivity contribution in [3.63, 3.8) is 0 Å². The fourth-order valence-electron chi connectivity index (χ4n) is 3.43. The number of likely N-dealkylation sites (tertiary alicyclic amines) is 1. The fourth-order valence-corrected chi connectivity index (χ4v) is 3.80. The van der Waals surface area contributed by atoms with Crippen LogP contribution in [0.15, 0.2) is 22.7 Å². The first-order valence-corrected chi connectivity index (χ1v) is 8.21. The maximum atomic E-state index is 12.7. The smallest absolute Gasteiger partial charge is 0.254 e. The second kappa shape index (κ2) is 7.12. The molecular weight excluding hydrogens is 352 g/mol. The van der Waals surface area contributed by atoms with Gasteiger partial charge in [-0.25, -0.2) is 0 Å². The standard InChI is InChI=1S/C16H21BrN2O.ClH/c1-11-14(3-2-4-15(11)17)16(20)19-7-5-12-9-18-10-13(12)6-8-19;/h2-4,12-13,18H,5-10H2,1H3;1H/t12-,13+;. The van der Waals surface area contributed by atoms with Gasteiger partial charge in [-0.05, 0) is 62.4 Å². The number of carbonyl (C=O) groups is 1. The van der Waals surface area contributed by atoms with Gasteiger partial charge in [0.2, 0.25) is 0 Å². The molecule has 0 saturated carbocycles. The topological polar surface area (TPSA) is 32.3 Å². The SMILES string of the molecule is Cc1c(Br)cccc1C(=O)N1CC[C@@H]2CNC[C@@H]2CC1.Cl. The number of halogens is 2. The molecule has 0 unspecified atom stereocenters. The van der Waals surface area contributed by atoms with Crippen molar-refractivity contribution in [3.8, 4) is 0 Å². The van der Waals surface area contributed by atoms with Crippen LogP contribution in [0.2, 0.25) is 0 Å². The normalized spacial score (nSPS) is 25.0. The van der Waals surface area contributed by atoms with Crippen molar-refractivity contribution >= 4 is 34.2 Å². The van der Waals surface area contributed by atoms with E-state index in [0.29, 0.717) is 0 Å². The maximum absolute atomic E-state index is 12.7. The molecule has 2 aliphatic rings. The van der Waals surface area contributed by atoms with Crippen LogP contribution in [-0.2, 0) is 0 Å². The Balaban J connectivity index is 0.00000161. The summed E-state index contributed by atoms with van der Waals surface area (Å²) in [4.78, 5) is 14.8. The predicted molar refractivity (Wildman–Crippen MR) is 91.1 cm³/mol. The molecule has 2 aliphatic heterocycles. The highest BCUT2D eigenvalue weighted by Crippen LogP contribution is 2.28. The van der Waals surface area contributed by atoms with Crippen LogP contribution in [0.4, 0.5) is 0 Å². The zero-order valence-corrected chi connectivity index (χ0v) is 14.7. The summed E-state index contributed by atoms with van der Waals surface area (Å²) >= 11 is 3.51. The molecule has 0 radical (unpaired) electrons. The third-order valence-corrected chi connectivity index (χ3v) is 5.66. The second-order valence-corrected chi connectivity index (χ2v) is 6.81. The van der Waals surface area contributed by atoms with Gasteiger partial charge in [-0.1, -0.05) is 22.0 Å². The lowest BCUT2D eigenvalue weighted by molar-refractivity contribution is 0.0757. The minimum atomic E-state index is 0. The third kappa shape index (κ3) is 3.43. The molecule has 1 aromatic rings. The van der Waals surface area contributed by atoms with E-state index in [0.717, 1.165) is 66.5 Å². The summed E-state index contributed by atoms with van der Waals surface area (Å²) in [7, 11) is 0. The first-order valence-electron chi connectivity index (χ1n) is 7.42. The van der Waals surface area contributed by atoms with Gasteiger partial charge in [0.25, 0.3) is 5.91 Å². The summed E-state index contributed by atoms with van der Waals surface area (Å²) in [6.45, 7) is 6.06. The van der Waals surface area contributed by atoms with Crippen LogP contribution in [0, 0.1) is 18.8 Å². The molecule has 2 atom stereocenters. The van der Waals surface area contributed by atoms with Crippen molar-refractivity contribution in [2.45, 2.75) is 19.8 Å². The van der Waals surface area contributed by atoms with Crippen molar-refractivity contribution in [1.82, 2.24) is 10.2 Å². The lowest BCUT2D eigenvalue weighted by Gasteiger charge is -2.22. The van der Waals surface area contributed by atoms with Gasteiger partial charge in [0, 0.05) is 23.1 Å². The van der Waals surface area contributed by atoms with Crippen molar-refractivity contribution in [3.05, 3.63) is 33.8 Å². The fraction of sp³-hybridized carbons (Fsp3) is 0.562. The Labute approximate surface area is 141 Å². The van der Waals surface area contributed by atoms with Gasteiger partial charge >= 0.3 is 0 Å². The summed E-state index contributed by atoms with van der Waals surface area (Å²) in [6.07, 6.45) is 2.27. The number of hydrogen-bond donors (Lipinski definition) is 1. The number of rotatable bonds is 1. The maximum Gasteiger partial charge on any atom is 0.254 e. The Bertz CT molecular complexity index is 509. The van der Waals surface area contributed by atoms with Crippen LogP contribution in [0.3, 0.4) is 0 Å².